The third-order valence-electron chi connectivity index (χ3n) is 3.92. The summed E-state index contributed by atoms with van der Waals surface area (Å²) in [5.74, 6) is 0.577. The molecule has 6 heteroatoms. The number of carbonyl (C=O) groups is 1. The van der Waals surface area contributed by atoms with Gasteiger partial charge in [0, 0.05) is 17.2 Å². The fraction of sp³-hybridized carbons (Fsp3) is 0.150. The molecule has 0 aliphatic carbocycles. The van der Waals surface area contributed by atoms with Crippen molar-refractivity contribution in [1.29, 1.82) is 0 Å². The van der Waals surface area contributed by atoms with Gasteiger partial charge in [-0.05, 0) is 37.3 Å². The number of ketones is 1. The Morgan fingerprint density at radius 2 is 2.04 bits per heavy atom. The van der Waals surface area contributed by atoms with Gasteiger partial charge in [0.1, 0.15) is 5.76 Å². The monoisotopic (exact) mass is 385 g/mol. The van der Waals surface area contributed by atoms with Crippen LogP contribution in [0.5, 0.6) is 0 Å². The van der Waals surface area contributed by atoms with Crippen molar-refractivity contribution in [3.63, 3.8) is 0 Å². The lowest BCUT2D eigenvalue weighted by molar-refractivity contribution is -0.692. The second kappa shape index (κ2) is 8.25. The molecular weight excluding hydrogens is 368 g/mol. The molecule has 3 aromatic rings. The molecule has 4 nitrogen and oxygen atoms in total. The summed E-state index contributed by atoms with van der Waals surface area (Å²) in [6.07, 6.45) is 5.31. The van der Waals surface area contributed by atoms with Crippen molar-refractivity contribution < 1.29 is 13.8 Å². The maximum Gasteiger partial charge on any atom is 0.270 e. The normalized spacial score (nSPS) is 11.8. The Morgan fingerprint density at radius 3 is 2.73 bits per heavy atom. The lowest BCUT2D eigenvalue weighted by Gasteiger charge is -2.15. The van der Waals surface area contributed by atoms with E-state index in [-0.39, 0.29) is 5.78 Å². The molecule has 0 amide bonds. The maximum atomic E-state index is 13.2. The molecule has 2 heterocycles. The van der Waals surface area contributed by atoms with Crippen molar-refractivity contribution in [2.75, 3.05) is 0 Å². The van der Waals surface area contributed by atoms with E-state index in [0.717, 1.165) is 11.3 Å². The smallest absolute Gasteiger partial charge is 0.270 e. The molecule has 0 spiro atoms. The van der Waals surface area contributed by atoms with Crippen LogP contribution in [-0.4, -0.2) is 10.8 Å². The van der Waals surface area contributed by atoms with Gasteiger partial charge in [0.15, 0.2) is 17.4 Å². The Kier molecular flexibility index (Phi) is 5.81. The van der Waals surface area contributed by atoms with Crippen molar-refractivity contribution in [3.05, 3.63) is 89.1 Å². The summed E-state index contributed by atoms with van der Waals surface area (Å²) in [7, 11) is 0. The van der Waals surface area contributed by atoms with E-state index < -0.39 is 6.04 Å². The number of thiocarbonyl (C=S) groups is 1. The summed E-state index contributed by atoms with van der Waals surface area (Å²) in [5, 5.41) is 3.53. The van der Waals surface area contributed by atoms with Gasteiger partial charge in [0.25, 0.3) is 6.04 Å². The van der Waals surface area contributed by atoms with E-state index >= 15 is 0 Å². The largest absolute Gasteiger partial charge is 0.467 e. The first-order chi connectivity index (χ1) is 12.6. The van der Waals surface area contributed by atoms with Gasteiger partial charge in [0.05, 0.1) is 17.8 Å². The molecule has 0 saturated carbocycles. The second-order valence-corrected chi connectivity index (χ2v) is 6.72. The molecule has 0 saturated heterocycles. The molecular formula is C20H18ClN2O2S+. The third kappa shape index (κ3) is 4.18. The number of nitrogens with one attached hydrogen (secondary N) is 1. The minimum Gasteiger partial charge on any atom is -0.467 e. The fourth-order valence-electron chi connectivity index (χ4n) is 2.66. The first-order valence-electron chi connectivity index (χ1n) is 8.12. The highest BCUT2D eigenvalue weighted by Gasteiger charge is 2.34. The van der Waals surface area contributed by atoms with Crippen molar-refractivity contribution in [2.24, 2.45) is 0 Å². The molecule has 26 heavy (non-hydrogen) atoms. The lowest BCUT2D eigenvalue weighted by Crippen LogP contribution is -2.51. The molecule has 0 aliphatic rings. The zero-order valence-electron chi connectivity index (χ0n) is 14.2. The molecule has 0 fully saturated rings. The highest BCUT2D eigenvalue weighted by atomic mass is 35.5. The molecule has 2 aromatic heterocycles. The van der Waals surface area contributed by atoms with Crippen LogP contribution in [0.1, 0.15) is 27.7 Å². The number of rotatable bonds is 6. The summed E-state index contributed by atoms with van der Waals surface area (Å²) < 4.78 is 7.12. The van der Waals surface area contributed by atoms with Gasteiger partial charge in [-0.1, -0.05) is 36.0 Å². The van der Waals surface area contributed by atoms with E-state index in [2.05, 4.69) is 5.32 Å². The van der Waals surface area contributed by atoms with Crippen LogP contribution < -0.4 is 9.88 Å². The molecule has 0 unspecified atom stereocenters. The number of pyridine rings is 1. The number of hydrogen-bond acceptors (Lipinski definition) is 3. The van der Waals surface area contributed by atoms with Crippen LogP contribution in [0.15, 0.2) is 71.6 Å². The molecule has 0 bridgehead atoms. The number of hydrogen-bond donors (Lipinski definition) is 1. The van der Waals surface area contributed by atoms with Crippen LogP contribution >= 0.6 is 23.8 Å². The van der Waals surface area contributed by atoms with Crippen LogP contribution in [0.2, 0.25) is 5.02 Å². The topological polar surface area (TPSA) is 46.1 Å². The number of furan rings is 1. The predicted octanol–water partition coefficient (Wildman–Crippen LogP) is 4.07. The number of carbonyl (C=O) groups excluding carboxylic acids is 1. The molecule has 1 N–H and O–H groups in total. The number of Topliss-reactive ketones (excluding diaryl/α,β-unsaturated/α-hetero) is 1. The molecule has 0 aliphatic heterocycles. The zero-order valence-corrected chi connectivity index (χ0v) is 15.8. The quantitative estimate of drug-likeness (QED) is 0.394. The molecule has 132 valence electrons. The standard InChI is InChI=1S/C20H17ClN2O2S/c1-14-6-4-10-23(13-14)18(19(24)16-8-2-3-9-17(16)21)20(26)22-12-15-7-5-11-25-15/h2-11,13,18H,12H2,1H3/p+1/t18-/m0/s1. The van der Waals surface area contributed by atoms with E-state index in [9.17, 15) is 4.79 Å². The van der Waals surface area contributed by atoms with Gasteiger partial charge in [-0.15, -0.1) is 0 Å². The average Bonchev–Trinajstić information content (AvgIpc) is 3.14. The van der Waals surface area contributed by atoms with E-state index in [1.807, 2.05) is 43.6 Å². The third-order valence-corrected chi connectivity index (χ3v) is 4.62. The molecule has 3 rings (SSSR count). The Labute approximate surface area is 162 Å². The second-order valence-electron chi connectivity index (χ2n) is 5.87. The summed E-state index contributed by atoms with van der Waals surface area (Å²) in [6, 6.07) is 13.8. The summed E-state index contributed by atoms with van der Waals surface area (Å²) >= 11 is 11.8. The first-order valence-corrected chi connectivity index (χ1v) is 8.91. The van der Waals surface area contributed by atoms with Crippen molar-refractivity contribution >= 4 is 34.6 Å². The summed E-state index contributed by atoms with van der Waals surface area (Å²) in [5.41, 5.74) is 1.47. The van der Waals surface area contributed by atoms with Gasteiger partial charge in [-0.2, -0.15) is 4.57 Å². The van der Waals surface area contributed by atoms with Gasteiger partial charge < -0.3 is 9.73 Å². The summed E-state index contributed by atoms with van der Waals surface area (Å²) in [4.78, 5) is 13.6. The zero-order chi connectivity index (χ0) is 18.5. The molecule has 1 aromatic carbocycles. The Balaban J connectivity index is 1.92. The van der Waals surface area contributed by atoms with Crippen molar-refractivity contribution in [3.8, 4) is 0 Å². The molecule has 1 atom stereocenters. The molecule has 0 radical (unpaired) electrons. The van der Waals surface area contributed by atoms with Gasteiger partial charge in [-0.3, -0.25) is 4.79 Å². The number of aryl methyl sites for hydroxylation is 1. The number of nitrogens with zero attached hydrogens (tertiary/aromatic N) is 1. The van der Waals surface area contributed by atoms with Gasteiger partial charge in [0.2, 0.25) is 5.78 Å². The maximum absolute atomic E-state index is 13.2. The van der Waals surface area contributed by atoms with E-state index in [0.29, 0.717) is 22.1 Å². The first kappa shape index (κ1) is 18.3. The SMILES string of the molecule is Cc1ccc[n+]([C@@H](C(=O)c2ccccc2Cl)C(=S)NCc2ccco2)c1. The van der Waals surface area contributed by atoms with Crippen molar-refractivity contribution in [2.45, 2.75) is 19.5 Å². The number of aromatic nitrogens is 1. The average molecular weight is 386 g/mol. The van der Waals surface area contributed by atoms with Crippen LogP contribution in [0.25, 0.3) is 0 Å². The summed E-state index contributed by atoms with van der Waals surface area (Å²) in [6.45, 7) is 2.37. The van der Waals surface area contributed by atoms with Gasteiger partial charge >= 0.3 is 0 Å². The van der Waals surface area contributed by atoms with E-state index in [4.69, 9.17) is 28.2 Å². The van der Waals surface area contributed by atoms with E-state index in [1.54, 1.807) is 35.1 Å². The van der Waals surface area contributed by atoms with Gasteiger partial charge in [-0.25, -0.2) is 0 Å². The van der Waals surface area contributed by atoms with Crippen molar-refractivity contribution in [1.82, 2.24) is 5.32 Å². The minimum absolute atomic E-state index is 0.164. The van der Waals surface area contributed by atoms with Crippen LogP contribution in [0.3, 0.4) is 0 Å². The van der Waals surface area contributed by atoms with Crippen LogP contribution in [0, 0.1) is 6.92 Å². The minimum atomic E-state index is -0.695. The number of halogens is 1. The van der Waals surface area contributed by atoms with Crippen LogP contribution in [0.4, 0.5) is 0 Å². The van der Waals surface area contributed by atoms with Crippen LogP contribution in [-0.2, 0) is 6.54 Å². The predicted molar refractivity (Wildman–Crippen MR) is 104 cm³/mol. The highest BCUT2D eigenvalue weighted by Crippen LogP contribution is 2.20. The highest BCUT2D eigenvalue weighted by molar-refractivity contribution is 7.80. The Bertz CT molecular complexity index is 925. The fourth-order valence-corrected chi connectivity index (χ4v) is 3.19. The number of benzene rings is 1. The van der Waals surface area contributed by atoms with E-state index in [1.165, 1.54) is 0 Å². The Morgan fingerprint density at radius 1 is 1.23 bits per heavy atom. The lowest BCUT2D eigenvalue weighted by atomic mass is 10.0. The Hall–Kier alpha value is -2.50.